The van der Waals surface area contributed by atoms with Gasteiger partial charge >= 0.3 is 6.09 Å². The Morgan fingerprint density at radius 3 is 2.15 bits per heavy atom. The van der Waals surface area contributed by atoms with Crippen LogP contribution in [0, 0.1) is 5.82 Å². The van der Waals surface area contributed by atoms with Crippen LogP contribution < -0.4 is 10.5 Å². The molecule has 0 spiro atoms. The van der Waals surface area contributed by atoms with Crippen LogP contribution in [0.15, 0.2) is 42.5 Å². The van der Waals surface area contributed by atoms with E-state index in [9.17, 15) is 18.8 Å². The van der Waals surface area contributed by atoms with Crippen LogP contribution in [0.2, 0.25) is 0 Å². The molecular weight excluding hydrogens is 429 g/mol. The number of halogens is 1. The van der Waals surface area contributed by atoms with Crippen LogP contribution in [0.4, 0.5) is 9.18 Å². The normalized spacial score (nSPS) is 14.1. The van der Waals surface area contributed by atoms with Gasteiger partial charge in [-0.15, -0.1) is 0 Å². The smallest absolute Gasteiger partial charge is 0.410 e. The van der Waals surface area contributed by atoms with Gasteiger partial charge in [0.2, 0.25) is 0 Å². The summed E-state index contributed by atoms with van der Waals surface area (Å²) in [4.78, 5) is 39.8. The minimum Gasteiger partial charge on any atom is -0.488 e. The largest absolute Gasteiger partial charge is 0.488 e. The van der Waals surface area contributed by atoms with Crippen molar-refractivity contribution < 1.29 is 28.2 Å². The number of piperazine rings is 1. The number of nitrogens with zero attached hydrogens (tertiary/aromatic N) is 2. The predicted molar refractivity (Wildman–Crippen MR) is 119 cm³/mol. The summed E-state index contributed by atoms with van der Waals surface area (Å²) in [5, 5.41) is 0. The Balaban J connectivity index is 1.56. The van der Waals surface area contributed by atoms with Gasteiger partial charge in [-0.25, -0.2) is 9.18 Å². The number of ether oxygens (including phenoxy) is 2. The summed E-state index contributed by atoms with van der Waals surface area (Å²) in [6.45, 7) is 7.16. The fourth-order valence-electron chi connectivity index (χ4n) is 3.37. The third kappa shape index (κ3) is 6.21. The zero-order valence-corrected chi connectivity index (χ0v) is 19.0. The lowest BCUT2D eigenvalue weighted by Crippen LogP contribution is -2.51. The first-order chi connectivity index (χ1) is 15.5. The molecule has 2 aromatic carbocycles. The molecule has 3 amide bonds. The first-order valence-electron chi connectivity index (χ1n) is 10.6. The highest BCUT2D eigenvalue weighted by Crippen LogP contribution is 2.22. The molecule has 0 atom stereocenters. The van der Waals surface area contributed by atoms with Crippen molar-refractivity contribution in [2.45, 2.75) is 33.0 Å². The summed E-state index contributed by atoms with van der Waals surface area (Å²) in [6, 6.07) is 10.9. The number of carbonyl (C=O) groups is 3. The predicted octanol–water partition coefficient (Wildman–Crippen LogP) is 3.20. The van der Waals surface area contributed by atoms with Crippen molar-refractivity contribution >= 4 is 17.9 Å². The van der Waals surface area contributed by atoms with E-state index in [1.165, 1.54) is 12.1 Å². The maximum absolute atomic E-state index is 13.8. The summed E-state index contributed by atoms with van der Waals surface area (Å²) < 4.78 is 24.8. The van der Waals surface area contributed by atoms with E-state index in [-0.39, 0.29) is 29.9 Å². The maximum atomic E-state index is 13.8. The number of carbonyl (C=O) groups excluding carboxylic acids is 3. The number of primary amides is 1. The summed E-state index contributed by atoms with van der Waals surface area (Å²) in [5.41, 5.74) is 5.61. The Morgan fingerprint density at radius 2 is 1.58 bits per heavy atom. The van der Waals surface area contributed by atoms with E-state index in [4.69, 9.17) is 15.2 Å². The van der Waals surface area contributed by atoms with E-state index in [1.807, 2.05) is 20.8 Å². The van der Waals surface area contributed by atoms with E-state index >= 15 is 0 Å². The van der Waals surface area contributed by atoms with Gasteiger partial charge < -0.3 is 25.0 Å². The van der Waals surface area contributed by atoms with Gasteiger partial charge in [0.15, 0.2) is 0 Å². The Labute approximate surface area is 192 Å². The molecule has 0 bridgehead atoms. The summed E-state index contributed by atoms with van der Waals surface area (Å²) in [6.07, 6.45) is -0.378. The zero-order chi connectivity index (χ0) is 24.2. The van der Waals surface area contributed by atoms with E-state index in [0.717, 1.165) is 11.6 Å². The Morgan fingerprint density at radius 1 is 0.970 bits per heavy atom. The first-order valence-corrected chi connectivity index (χ1v) is 10.6. The summed E-state index contributed by atoms with van der Waals surface area (Å²) in [7, 11) is 0. The summed E-state index contributed by atoms with van der Waals surface area (Å²) in [5.74, 6) is -1.72. The van der Waals surface area contributed by atoms with E-state index in [2.05, 4.69) is 0 Å². The molecule has 9 heteroatoms. The Hall–Kier alpha value is -3.62. The van der Waals surface area contributed by atoms with E-state index < -0.39 is 17.3 Å². The van der Waals surface area contributed by atoms with Crippen molar-refractivity contribution in [3.63, 3.8) is 0 Å². The third-order valence-electron chi connectivity index (χ3n) is 5.04. The fraction of sp³-hybridized carbons (Fsp3) is 0.375. The first kappa shape index (κ1) is 24.0. The number of hydrogen-bond acceptors (Lipinski definition) is 5. The van der Waals surface area contributed by atoms with Crippen LogP contribution in [0.5, 0.6) is 5.75 Å². The van der Waals surface area contributed by atoms with E-state index in [0.29, 0.717) is 31.7 Å². The van der Waals surface area contributed by atoms with Crippen LogP contribution in [-0.4, -0.2) is 59.5 Å². The van der Waals surface area contributed by atoms with Crippen molar-refractivity contribution in [2.24, 2.45) is 5.73 Å². The number of nitrogens with two attached hydrogens (primary N) is 1. The van der Waals surface area contributed by atoms with Crippen molar-refractivity contribution in [3.8, 4) is 5.75 Å². The zero-order valence-electron chi connectivity index (χ0n) is 19.0. The molecule has 1 fully saturated rings. The number of amides is 3. The summed E-state index contributed by atoms with van der Waals surface area (Å²) >= 11 is 0. The molecule has 1 heterocycles. The highest BCUT2D eigenvalue weighted by atomic mass is 19.1. The van der Waals surface area contributed by atoms with Gasteiger partial charge in [-0.05, 0) is 50.6 Å². The Bertz CT molecular complexity index is 1030. The SMILES string of the molecule is CC(C)(C)OC(=O)N1CCN(C(=O)c2ccc(COc3cccc(F)c3C(N)=O)cc2)CC1. The molecule has 0 aromatic heterocycles. The van der Waals surface area contributed by atoms with Crippen molar-refractivity contribution in [2.75, 3.05) is 26.2 Å². The molecule has 0 unspecified atom stereocenters. The van der Waals surface area contributed by atoms with Crippen LogP contribution in [0.25, 0.3) is 0 Å². The monoisotopic (exact) mass is 457 g/mol. The fourth-order valence-corrected chi connectivity index (χ4v) is 3.37. The lowest BCUT2D eigenvalue weighted by atomic mass is 10.1. The Kier molecular flexibility index (Phi) is 7.20. The van der Waals surface area contributed by atoms with Gasteiger partial charge in [-0.1, -0.05) is 18.2 Å². The van der Waals surface area contributed by atoms with Crippen molar-refractivity contribution in [1.29, 1.82) is 0 Å². The van der Waals surface area contributed by atoms with Crippen LogP contribution in [-0.2, 0) is 11.3 Å². The second-order valence-electron chi connectivity index (χ2n) is 8.72. The van der Waals surface area contributed by atoms with Crippen molar-refractivity contribution in [3.05, 3.63) is 65.0 Å². The molecule has 0 radical (unpaired) electrons. The molecule has 2 aromatic rings. The minimum atomic E-state index is -0.907. The number of rotatable bonds is 5. The standard InChI is InChI=1S/C24H28FN3O5/c1-24(2,3)33-23(31)28-13-11-27(12-14-28)22(30)17-9-7-16(8-10-17)15-32-19-6-4-5-18(25)20(19)21(26)29/h4-10H,11-15H2,1-3H3,(H2,26,29). The minimum absolute atomic E-state index is 0.0607. The molecule has 0 saturated carbocycles. The molecule has 1 saturated heterocycles. The van der Waals surface area contributed by atoms with Gasteiger partial charge in [0.05, 0.1) is 0 Å². The molecule has 3 rings (SSSR count). The van der Waals surface area contributed by atoms with Gasteiger partial charge in [0.25, 0.3) is 11.8 Å². The average molecular weight is 458 g/mol. The van der Waals surface area contributed by atoms with Crippen LogP contribution >= 0.6 is 0 Å². The topological polar surface area (TPSA) is 102 Å². The quantitative estimate of drug-likeness (QED) is 0.743. The lowest BCUT2D eigenvalue weighted by Gasteiger charge is -2.35. The number of benzene rings is 2. The lowest BCUT2D eigenvalue weighted by molar-refractivity contribution is 0.0141. The van der Waals surface area contributed by atoms with E-state index in [1.54, 1.807) is 34.1 Å². The van der Waals surface area contributed by atoms with Gasteiger partial charge in [0.1, 0.15) is 29.3 Å². The van der Waals surface area contributed by atoms with Crippen molar-refractivity contribution in [1.82, 2.24) is 9.80 Å². The van der Waals surface area contributed by atoms with Crippen LogP contribution in [0.3, 0.4) is 0 Å². The van der Waals surface area contributed by atoms with Gasteiger partial charge in [-0.2, -0.15) is 0 Å². The highest BCUT2D eigenvalue weighted by molar-refractivity contribution is 5.96. The van der Waals surface area contributed by atoms with Crippen LogP contribution in [0.1, 0.15) is 47.1 Å². The molecular formula is C24H28FN3O5. The second-order valence-corrected chi connectivity index (χ2v) is 8.72. The molecule has 33 heavy (non-hydrogen) atoms. The molecule has 0 aliphatic carbocycles. The maximum Gasteiger partial charge on any atom is 0.410 e. The van der Waals surface area contributed by atoms with Gasteiger partial charge in [0, 0.05) is 31.7 Å². The molecule has 8 nitrogen and oxygen atoms in total. The third-order valence-corrected chi connectivity index (χ3v) is 5.04. The highest BCUT2D eigenvalue weighted by Gasteiger charge is 2.28. The molecule has 1 aliphatic rings. The molecule has 2 N–H and O–H groups in total. The van der Waals surface area contributed by atoms with Gasteiger partial charge in [-0.3, -0.25) is 9.59 Å². The number of hydrogen-bond donors (Lipinski definition) is 1. The second kappa shape index (κ2) is 9.89. The average Bonchev–Trinajstić information content (AvgIpc) is 2.76. The molecule has 1 aliphatic heterocycles. The molecule has 176 valence electrons.